The highest BCUT2D eigenvalue weighted by molar-refractivity contribution is 9.10. The van der Waals surface area contributed by atoms with E-state index in [4.69, 9.17) is 16.7 Å². The fourth-order valence-corrected chi connectivity index (χ4v) is 3.21. The Morgan fingerprint density at radius 1 is 1.41 bits per heavy atom. The molecule has 1 aromatic carbocycles. The van der Waals surface area contributed by atoms with Gasteiger partial charge >= 0.3 is 6.09 Å². The van der Waals surface area contributed by atoms with Crippen LogP contribution in [-0.4, -0.2) is 51.7 Å². The first kappa shape index (κ1) is 15.3. The summed E-state index contributed by atoms with van der Waals surface area (Å²) in [7, 11) is 0. The van der Waals surface area contributed by atoms with Crippen LogP contribution < -0.4 is 4.90 Å². The molecule has 1 aliphatic heterocycles. The highest BCUT2D eigenvalue weighted by atomic mass is 79.9. The minimum absolute atomic E-state index is 0.0328. The molecular weight excluding hydrogens is 372 g/mol. The number of carbonyl (C=O) groups is 1. The van der Waals surface area contributed by atoms with E-state index in [2.05, 4.69) is 30.8 Å². The Bertz CT molecular complexity index is 742. The molecular formula is C14H14BrClN4O2. The van der Waals surface area contributed by atoms with Crippen LogP contribution in [0.25, 0.3) is 10.9 Å². The van der Waals surface area contributed by atoms with E-state index in [0.29, 0.717) is 24.7 Å². The van der Waals surface area contributed by atoms with Crippen molar-refractivity contribution in [2.45, 2.75) is 13.0 Å². The SMILES string of the molecule is C[C@H]1CN(C(=O)O)CCN1c1ncnc2cc(Br)c(Cl)cc12. The van der Waals surface area contributed by atoms with Gasteiger partial charge in [-0.2, -0.15) is 0 Å². The Hall–Kier alpha value is -1.60. The fourth-order valence-electron chi connectivity index (χ4n) is 2.71. The number of halogens is 2. The average Bonchev–Trinajstić information content (AvgIpc) is 2.48. The minimum Gasteiger partial charge on any atom is -0.465 e. The number of nitrogens with zero attached hydrogens (tertiary/aromatic N) is 4. The number of hydrogen-bond donors (Lipinski definition) is 1. The molecule has 1 atom stereocenters. The number of fused-ring (bicyclic) bond motifs is 1. The standard InChI is InChI=1S/C14H14BrClN4O2/c1-8-6-19(14(21)22)2-3-20(8)13-9-4-11(16)10(15)5-12(9)17-7-18-13/h4-5,7-8H,2-3,6H2,1H3,(H,21,22)/t8-/m0/s1. The molecule has 2 heterocycles. The zero-order valence-electron chi connectivity index (χ0n) is 11.8. The molecule has 2 aromatic rings. The van der Waals surface area contributed by atoms with Crippen LogP contribution >= 0.6 is 27.5 Å². The van der Waals surface area contributed by atoms with Gasteiger partial charge < -0.3 is 14.9 Å². The highest BCUT2D eigenvalue weighted by Gasteiger charge is 2.28. The molecule has 8 heteroatoms. The smallest absolute Gasteiger partial charge is 0.407 e. The van der Waals surface area contributed by atoms with E-state index >= 15 is 0 Å². The zero-order valence-corrected chi connectivity index (χ0v) is 14.2. The van der Waals surface area contributed by atoms with Crippen molar-refractivity contribution >= 4 is 50.3 Å². The molecule has 1 aliphatic rings. The second-order valence-corrected chi connectivity index (χ2v) is 6.51. The topological polar surface area (TPSA) is 69.6 Å². The summed E-state index contributed by atoms with van der Waals surface area (Å²) in [5, 5.41) is 10.6. The molecule has 0 aliphatic carbocycles. The third-order valence-electron chi connectivity index (χ3n) is 3.83. The van der Waals surface area contributed by atoms with Crippen LogP contribution in [0.5, 0.6) is 0 Å². The molecule has 0 bridgehead atoms. The predicted molar refractivity (Wildman–Crippen MR) is 88.7 cm³/mol. The molecule has 1 fully saturated rings. The van der Waals surface area contributed by atoms with Gasteiger partial charge in [-0.1, -0.05) is 11.6 Å². The van der Waals surface area contributed by atoms with Crippen LogP contribution in [0.4, 0.5) is 10.6 Å². The number of hydrogen-bond acceptors (Lipinski definition) is 4. The molecule has 0 unspecified atom stereocenters. The Kier molecular flexibility index (Phi) is 4.10. The number of amides is 1. The van der Waals surface area contributed by atoms with E-state index in [1.54, 1.807) is 0 Å². The Morgan fingerprint density at radius 2 is 2.18 bits per heavy atom. The van der Waals surface area contributed by atoms with E-state index in [9.17, 15) is 4.79 Å². The Balaban J connectivity index is 2.00. The Morgan fingerprint density at radius 3 is 2.86 bits per heavy atom. The van der Waals surface area contributed by atoms with Crippen molar-refractivity contribution in [1.82, 2.24) is 14.9 Å². The fraction of sp³-hybridized carbons (Fsp3) is 0.357. The first-order chi connectivity index (χ1) is 10.5. The number of rotatable bonds is 1. The molecule has 0 spiro atoms. The highest BCUT2D eigenvalue weighted by Crippen LogP contribution is 2.32. The third kappa shape index (κ3) is 2.70. The van der Waals surface area contributed by atoms with E-state index < -0.39 is 6.09 Å². The quantitative estimate of drug-likeness (QED) is 0.816. The molecule has 6 nitrogen and oxygen atoms in total. The summed E-state index contributed by atoms with van der Waals surface area (Å²) in [4.78, 5) is 23.3. The lowest BCUT2D eigenvalue weighted by Gasteiger charge is -2.39. The van der Waals surface area contributed by atoms with Gasteiger partial charge in [-0.3, -0.25) is 0 Å². The third-order valence-corrected chi connectivity index (χ3v) is 5.02. The summed E-state index contributed by atoms with van der Waals surface area (Å²) in [5.41, 5.74) is 0.800. The van der Waals surface area contributed by atoms with Crippen LogP contribution in [0.2, 0.25) is 5.02 Å². The Labute approximate surface area is 140 Å². The number of piperazine rings is 1. The zero-order chi connectivity index (χ0) is 15.9. The lowest BCUT2D eigenvalue weighted by molar-refractivity contribution is 0.136. The summed E-state index contributed by atoms with van der Waals surface area (Å²) < 4.78 is 0.787. The van der Waals surface area contributed by atoms with Gasteiger partial charge in [-0.05, 0) is 35.0 Å². The van der Waals surface area contributed by atoms with Crippen molar-refractivity contribution in [2.24, 2.45) is 0 Å². The summed E-state index contributed by atoms with van der Waals surface area (Å²) in [6.45, 7) is 3.48. The summed E-state index contributed by atoms with van der Waals surface area (Å²) in [6.07, 6.45) is 0.639. The van der Waals surface area contributed by atoms with Crippen molar-refractivity contribution in [3.05, 3.63) is 28.0 Å². The summed E-state index contributed by atoms with van der Waals surface area (Å²) in [5.74, 6) is 0.789. The van der Waals surface area contributed by atoms with Crippen molar-refractivity contribution in [1.29, 1.82) is 0 Å². The second kappa shape index (κ2) is 5.89. The van der Waals surface area contributed by atoms with Crippen molar-refractivity contribution in [2.75, 3.05) is 24.5 Å². The molecule has 0 saturated carbocycles. The summed E-state index contributed by atoms with van der Waals surface area (Å²) in [6, 6.07) is 3.73. The van der Waals surface area contributed by atoms with Crippen LogP contribution in [0.1, 0.15) is 6.92 Å². The monoisotopic (exact) mass is 384 g/mol. The van der Waals surface area contributed by atoms with Gasteiger partial charge in [0.2, 0.25) is 0 Å². The van der Waals surface area contributed by atoms with Gasteiger partial charge in [0.1, 0.15) is 12.1 Å². The van der Waals surface area contributed by atoms with Crippen LogP contribution in [0.3, 0.4) is 0 Å². The molecule has 0 radical (unpaired) electrons. The second-order valence-electron chi connectivity index (χ2n) is 5.25. The lowest BCUT2D eigenvalue weighted by Crippen LogP contribution is -2.53. The largest absolute Gasteiger partial charge is 0.465 e. The molecule has 1 amide bonds. The first-order valence-corrected chi connectivity index (χ1v) is 7.98. The molecule has 22 heavy (non-hydrogen) atoms. The minimum atomic E-state index is -0.883. The predicted octanol–water partition coefficient (Wildman–Crippen LogP) is 3.23. The van der Waals surface area contributed by atoms with Crippen LogP contribution in [0.15, 0.2) is 22.9 Å². The molecule has 3 rings (SSSR count). The molecule has 1 N–H and O–H groups in total. The van der Waals surface area contributed by atoms with Crippen molar-refractivity contribution < 1.29 is 9.90 Å². The molecule has 1 aromatic heterocycles. The number of anilines is 1. The van der Waals surface area contributed by atoms with E-state index in [0.717, 1.165) is 21.2 Å². The van der Waals surface area contributed by atoms with Crippen molar-refractivity contribution in [3.63, 3.8) is 0 Å². The van der Waals surface area contributed by atoms with Gasteiger partial charge in [-0.15, -0.1) is 0 Å². The normalized spacial score (nSPS) is 18.8. The van der Waals surface area contributed by atoms with E-state index in [1.165, 1.54) is 11.2 Å². The van der Waals surface area contributed by atoms with Gasteiger partial charge in [-0.25, -0.2) is 14.8 Å². The van der Waals surface area contributed by atoms with E-state index in [-0.39, 0.29) is 6.04 Å². The van der Waals surface area contributed by atoms with Crippen LogP contribution in [-0.2, 0) is 0 Å². The van der Waals surface area contributed by atoms with Gasteiger partial charge in [0.05, 0.1) is 10.5 Å². The number of benzene rings is 1. The number of aromatic nitrogens is 2. The maximum atomic E-state index is 11.1. The van der Waals surface area contributed by atoms with Crippen molar-refractivity contribution in [3.8, 4) is 0 Å². The number of carboxylic acid groups (broad SMARTS) is 1. The summed E-state index contributed by atoms with van der Waals surface area (Å²) >= 11 is 9.59. The first-order valence-electron chi connectivity index (χ1n) is 6.81. The van der Waals surface area contributed by atoms with Gasteiger partial charge in [0, 0.05) is 35.5 Å². The van der Waals surface area contributed by atoms with Gasteiger partial charge in [0.15, 0.2) is 0 Å². The maximum absolute atomic E-state index is 11.1. The maximum Gasteiger partial charge on any atom is 0.407 e. The van der Waals surface area contributed by atoms with Crippen LogP contribution in [0, 0.1) is 0 Å². The molecule has 116 valence electrons. The lowest BCUT2D eigenvalue weighted by atomic mass is 10.1. The van der Waals surface area contributed by atoms with Gasteiger partial charge in [0.25, 0.3) is 0 Å². The molecule has 1 saturated heterocycles. The van der Waals surface area contributed by atoms with E-state index in [1.807, 2.05) is 19.1 Å². The average molecular weight is 386 g/mol.